The van der Waals surface area contributed by atoms with E-state index in [-0.39, 0.29) is 0 Å². The van der Waals surface area contributed by atoms with Crippen LogP contribution in [0.4, 0.5) is 5.69 Å². The molecule has 1 N–H and O–H groups in total. The van der Waals surface area contributed by atoms with Crippen LogP contribution < -0.4 is 5.32 Å². The molecule has 0 aliphatic rings. The van der Waals surface area contributed by atoms with Crippen LogP contribution in [0.3, 0.4) is 0 Å². The highest BCUT2D eigenvalue weighted by atomic mass is 16.1. The molecule has 0 heterocycles. The van der Waals surface area contributed by atoms with Crippen LogP contribution in [0.5, 0.6) is 0 Å². The van der Waals surface area contributed by atoms with Gasteiger partial charge in [0.05, 0.1) is 0 Å². The minimum Gasteiger partial charge on any atom is -0.329 e. The number of nitrogens with one attached hydrogen (secondary N) is 1. The van der Waals surface area contributed by atoms with E-state index in [9.17, 15) is 4.79 Å². The van der Waals surface area contributed by atoms with Crippen molar-refractivity contribution in [3.8, 4) is 0 Å². The number of amides is 1. The van der Waals surface area contributed by atoms with Crippen molar-refractivity contribution in [1.29, 1.82) is 0 Å². The van der Waals surface area contributed by atoms with Crippen LogP contribution in [0.1, 0.15) is 58.6 Å². The molecule has 112 valence electrons. The first-order chi connectivity index (χ1) is 9.40. The molecule has 1 aromatic carbocycles. The number of carbonyl (C=O) groups is 1. The first-order valence-electron chi connectivity index (χ1n) is 7.73. The molecule has 0 bridgehead atoms. The molecule has 1 atom stereocenters. The van der Waals surface area contributed by atoms with Gasteiger partial charge in [-0.15, -0.1) is 0 Å². The van der Waals surface area contributed by atoms with Gasteiger partial charge in [-0.25, -0.2) is 0 Å². The summed E-state index contributed by atoms with van der Waals surface area (Å²) in [6, 6.07) is 6.51. The monoisotopic (exact) mass is 275 g/mol. The Morgan fingerprint density at radius 3 is 2.40 bits per heavy atom. The van der Waals surface area contributed by atoms with Crippen LogP contribution in [-0.4, -0.2) is 6.41 Å². The molecule has 1 amide bonds. The van der Waals surface area contributed by atoms with Crippen molar-refractivity contribution in [3.63, 3.8) is 0 Å². The second kappa shape index (κ2) is 7.47. The van der Waals surface area contributed by atoms with Crippen molar-refractivity contribution in [2.75, 3.05) is 5.32 Å². The molecule has 0 saturated heterocycles. The summed E-state index contributed by atoms with van der Waals surface area (Å²) in [6.07, 6.45) is 5.22. The lowest BCUT2D eigenvalue weighted by Gasteiger charge is -2.23. The van der Waals surface area contributed by atoms with Gasteiger partial charge in [0.25, 0.3) is 0 Å². The van der Waals surface area contributed by atoms with E-state index in [0.29, 0.717) is 11.3 Å². The van der Waals surface area contributed by atoms with Gasteiger partial charge in [-0.2, -0.15) is 0 Å². The first kappa shape index (κ1) is 16.7. The maximum absolute atomic E-state index is 10.7. The van der Waals surface area contributed by atoms with Crippen molar-refractivity contribution in [1.82, 2.24) is 0 Å². The lowest BCUT2D eigenvalue weighted by atomic mass is 9.82. The van der Waals surface area contributed by atoms with Gasteiger partial charge in [0.2, 0.25) is 6.41 Å². The van der Waals surface area contributed by atoms with Gasteiger partial charge in [0, 0.05) is 5.69 Å². The normalized spacial score (nSPS) is 13.1. The lowest BCUT2D eigenvalue weighted by Crippen LogP contribution is -2.14. The van der Waals surface area contributed by atoms with E-state index >= 15 is 0 Å². The van der Waals surface area contributed by atoms with E-state index in [1.54, 1.807) is 0 Å². The highest BCUT2D eigenvalue weighted by Crippen LogP contribution is 2.28. The van der Waals surface area contributed by atoms with Gasteiger partial charge < -0.3 is 5.32 Å². The Kier molecular flexibility index (Phi) is 6.25. The summed E-state index contributed by atoms with van der Waals surface area (Å²) in [4.78, 5) is 10.7. The van der Waals surface area contributed by atoms with Crippen molar-refractivity contribution in [2.24, 2.45) is 11.3 Å². The van der Waals surface area contributed by atoms with Gasteiger partial charge in [-0.1, -0.05) is 53.5 Å². The summed E-state index contributed by atoms with van der Waals surface area (Å²) >= 11 is 0. The standard InChI is InChI=1S/C18H29NO/c1-6-14(3)8-15-9-16(12-18(4,5)7-2)11-17(10-15)19-13-20/h9-11,13-14H,6-8,12H2,1-5H3,(H,19,20). The number of hydrogen-bond donors (Lipinski definition) is 1. The van der Waals surface area contributed by atoms with Gasteiger partial charge in [0.15, 0.2) is 0 Å². The van der Waals surface area contributed by atoms with Crippen LogP contribution in [-0.2, 0) is 17.6 Å². The van der Waals surface area contributed by atoms with Crippen LogP contribution in [0.25, 0.3) is 0 Å². The van der Waals surface area contributed by atoms with Crippen molar-refractivity contribution in [3.05, 3.63) is 29.3 Å². The summed E-state index contributed by atoms with van der Waals surface area (Å²) in [5.74, 6) is 0.675. The van der Waals surface area contributed by atoms with Crippen LogP contribution in [0.15, 0.2) is 18.2 Å². The molecule has 1 rings (SSSR count). The number of benzene rings is 1. The fourth-order valence-corrected chi connectivity index (χ4v) is 2.36. The van der Waals surface area contributed by atoms with Crippen LogP contribution >= 0.6 is 0 Å². The quantitative estimate of drug-likeness (QED) is 0.677. The molecule has 20 heavy (non-hydrogen) atoms. The van der Waals surface area contributed by atoms with Gasteiger partial charge >= 0.3 is 0 Å². The molecule has 1 unspecified atom stereocenters. The Morgan fingerprint density at radius 1 is 1.20 bits per heavy atom. The minimum atomic E-state index is 0.299. The minimum absolute atomic E-state index is 0.299. The summed E-state index contributed by atoms with van der Waals surface area (Å²) in [5, 5.41) is 2.80. The predicted molar refractivity (Wildman–Crippen MR) is 87.1 cm³/mol. The highest BCUT2D eigenvalue weighted by molar-refractivity contribution is 5.71. The fourth-order valence-electron chi connectivity index (χ4n) is 2.36. The smallest absolute Gasteiger partial charge is 0.211 e. The van der Waals surface area contributed by atoms with E-state index in [4.69, 9.17) is 0 Å². The Bertz CT molecular complexity index is 437. The molecule has 0 aliphatic carbocycles. The molecule has 0 spiro atoms. The molecule has 0 radical (unpaired) electrons. The molecular weight excluding hydrogens is 246 g/mol. The van der Waals surface area contributed by atoms with Gasteiger partial charge in [0.1, 0.15) is 0 Å². The third kappa shape index (κ3) is 5.36. The van der Waals surface area contributed by atoms with Crippen molar-refractivity contribution < 1.29 is 4.79 Å². The molecule has 1 aromatic rings. The maximum Gasteiger partial charge on any atom is 0.211 e. The summed E-state index contributed by atoms with van der Waals surface area (Å²) in [7, 11) is 0. The zero-order valence-corrected chi connectivity index (χ0v) is 13.6. The second-order valence-electron chi connectivity index (χ2n) is 6.71. The SMILES string of the molecule is CCC(C)Cc1cc(CC(C)(C)CC)cc(NC=O)c1. The Hall–Kier alpha value is -1.31. The van der Waals surface area contributed by atoms with E-state index in [1.165, 1.54) is 17.5 Å². The van der Waals surface area contributed by atoms with E-state index in [0.717, 1.165) is 31.4 Å². The summed E-state index contributed by atoms with van der Waals surface area (Å²) < 4.78 is 0. The van der Waals surface area contributed by atoms with E-state index in [2.05, 4.69) is 58.1 Å². The average Bonchev–Trinajstić information content (AvgIpc) is 2.38. The number of rotatable bonds is 8. The van der Waals surface area contributed by atoms with Crippen molar-refractivity contribution in [2.45, 2.75) is 60.3 Å². The molecule has 0 aliphatic heterocycles. The number of anilines is 1. The van der Waals surface area contributed by atoms with Crippen LogP contribution in [0.2, 0.25) is 0 Å². The topological polar surface area (TPSA) is 29.1 Å². The lowest BCUT2D eigenvalue weighted by molar-refractivity contribution is -0.105. The largest absolute Gasteiger partial charge is 0.329 e. The molecule has 0 fully saturated rings. The van der Waals surface area contributed by atoms with E-state index < -0.39 is 0 Å². The Labute approximate surface area is 124 Å². The van der Waals surface area contributed by atoms with E-state index in [1.807, 2.05) is 0 Å². The highest BCUT2D eigenvalue weighted by Gasteiger charge is 2.16. The van der Waals surface area contributed by atoms with Crippen LogP contribution in [0, 0.1) is 11.3 Å². The number of carbonyl (C=O) groups excluding carboxylic acids is 1. The second-order valence-corrected chi connectivity index (χ2v) is 6.71. The molecule has 0 saturated carbocycles. The molecule has 2 heteroatoms. The Balaban J connectivity index is 3.00. The first-order valence-corrected chi connectivity index (χ1v) is 7.73. The molecule has 2 nitrogen and oxygen atoms in total. The molecule has 0 aromatic heterocycles. The van der Waals surface area contributed by atoms with Gasteiger partial charge in [-0.05, 0) is 47.4 Å². The third-order valence-electron chi connectivity index (χ3n) is 4.20. The fraction of sp³-hybridized carbons (Fsp3) is 0.611. The predicted octanol–water partition coefficient (Wildman–Crippen LogP) is 4.82. The zero-order valence-electron chi connectivity index (χ0n) is 13.6. The number of hydrogen-bond acceptors (Lipinski definition) is 1. The molecular formula is C18H29NO. The third-order valence-corrected chi connectivity index (χ3v) is 4.20. The summed E-state index contributed by atoms with van der Waals surface area (Å²) in [5.41, 5.74) is 3.87. The zero-order chi connectivity index (χ0) is 15.2. The maximum atomic E-state index is 10.7. The average molecular weight is 275 g/mol. The summed E-state index contributed by atoms with van der Waals surface area (Å²) in [6.45, 7) is 11.3. The van der Waals surface area contributed by atoms with Crippen molar-refractivity contribution >= 4 is 12.1 Å². The Morgan fingerprint density at radius 2 is 1.85 bits per heavy atom. The van der Waals surface area contributed by atoms with Gasteiger partial charge in [-0.3, -0.25) is 4.79 Å².